The molecule has 0 spiro atoms. The van der Waals surface area contributed by atoms with E-state index in [1.165, 1.54) is 12.0 Å². The highest BCUT2D eigenvalue weighted by Gasteiger charge is 2.25. The fourth-order valence-corrected chi connectivity index (χ4v) is 3.55. The van der Waals surface area contributed by atoms with Crippen molar-refractivity contribution in [2.24, 2.45) is 4.99 Å². The molecular formula is C21H37IN4O. The Morgan fingerprint density at radius 2 is 2.00 bits per heavy atom. The minimum absolute atomic E-state index is 0. The van der Waals surface area contributed by atoms with E-state index in [1.807, 2.05) is 7.05 Å². The molecule has 1 aromatic carbocycles. The molecule has 154 valence electrons. The van der Waals surface area contributed by atoms with E-state index in [4.69, 9.17) is 4.74 Å². The van der Waals surface area contributed by atoms with Gasteiger partial charge >= 0.3 is 0 Å². The third-order valence-electron chi connectivity index (χ3n) is 5.12. The number of unbranched alkanes of at least 4 members (excludes halogenated alkanes) is 2. The molecule has 0 saturated carbocycles. The van der Waals surface area contributed by atoms with Crippen molar-refractivity contribution in [2.45, 2.75) is 57.7 Å². The van der Waals surface area contributed by atoms with Crippen LogP contribution in [-0.2, 0) is 11.3 Å². The zero-order valence-corrected chi connectivity index (χ0v) is 19.4. The van der Waals surface area contributed by atoms with E-state index < -0.39 is 0 Å². The lowest BCUT2D eigenvalue weighted by Crippen LogP contribution is -2.51. The number of hydrogen-bond acceptors (Lipinski definition) is 3. The number of halogens is 1. The first-order valence-corrected chi connectivity index (χ1v) is 9.97. The van der Waals surface area contributed by atoms with Crippen molar-refractivity contribution in [3.63, 3.8) is 0 Å². The normalized spacial score (nSPS) is 20.8. The molecule has 1 heterocycles. The summed E-state index contributed by atoms with van der Waals surface area (Å²) in [4.78, 5) is 6.97. The van der Waals surface area contributed by atoms with Crippen molar-refractivity contribution in [2.75, 3.05) is 33.9 Å². The highest BCUT2D eigenvalue weighted by Crippen LogP contribution is 2.19. The van der Waals surface area contributed by atoms with Gasteiger partial charge in [-0.2, -0.15) is 0 Å². The number of methoxy groups -OCH3 is 1. The van der Waals surface area contributed by atoms with Crippen molar-refractivity contribution in [1.82, 2.24) is 15.5 Å². The fraction of sp³-hybridized carbons (Fsp3) is 0.667. The summed E-state index contributed by atoms with van der Waals surface area (Å²) in [5, 5.41) is 7.05. The van der Waals surface area contributed by atoms with Crippen LogP contribution in [-0.4, -0.2) is 56.8 Å². The Hall–Kier alpha value is -0.860. The van der Waals surface area contributed by atoms with Crippen LogP contribution in [0.1, 0.15) is 44.6 Å². The number of hydrogen-bond donors (Lipinski definition) is 2. The lowest BCUT2D eigenvalue weighted by Gasteiger charge is -2.38. The first-order valence-electron chi connectivity index (χ1n) is 9.97. The Balaban J connectivity index is 0.00000364. The van der Waals surface area contributed by atoms with E-state index in [0.717, 1.165) is 57.9 Å². The summed E-state index contributed by atoms with van der Waals surface area (Å²) in [5.74, 6) is 0.936. The number of guanidine groups is 1. The Bertz CT molecular complexity index is 526. The van der Waals surface area contributed by atoms with Gasteiger partial charge in [-0.25, -0.2) is 0 Å². The monoisotopic (exact) mass is 488 g/mol. The Labute approximate surface area is 182 Å². The first-order chi connectivity index (χ1) is 12.7. The number of benzene rings is 1. The van der Waals surface area contributed by atoms with E-state index in [-0.39, 0.29) is 24.0 Å². The van der Waals surface area contributed by atoms with E-state index in [1.54, 1.807) is 7.11 Å². The minimum atomic E-state index is 0. The lowest BCUT2D eigenvalue weighted by atomic mass is 9.97. The van der Waals surface area contributed by atoms with Gasteiger partial charge in [0.05, 0.1) is 0 Å². The summed E-state index contributed by atoms with van der Waals surface area (Å²) in [6.07, 6.45) is 5.78. The maximum absolute atomic E-state index is 5.09. The topological polar surface area (TPSA) is 48.9 Å². The van der Waals surface area contributed by atoms with Gasteiger partial charge in [0.2, 0.25) is 0 Å². The maximum Gasteiger partial charge on any atom is 0.191 e. The molecule has 2 N–H and O–H groups in total. The quantitative estimate of drug-likeness (QED) is 0.241. The average molecular weight is 488 g/mol. The Morgan fingerprint density at radius 1 is 1.22 bits per heavy atom. The second kappa shape index (κ2) is 14.2. The second-order valence-electron chi connectivity index (χ2n) is 7.22. The molecule has 0 bridgehead atoms. The highest BCUT2D eigenvalue weighted by atomic mass is 127. The SMILES string of the molecule is CN=C(NCCCCCOC)NC1CCN(Cc2ccccc2)C(C)C1.I. The van der Waals surface area contributed by atoms with E-state index >= 15 is 0 Å². The predicted molar refractivity (Wildman–Crippen MR) is 125 cm³/mol. The summed E-state index contributed by atoms with van der Waals surface area (Å²) in [6.45, 7) is 6.33. The van der Waals surface area contributed by atoms with Gasteiger partial charge in [-0.05, 0) is 44.6 Å². The molecule has 1 fully saturated rings. The number of likely N-dealkylation sites (tertiary alicyclic amines) is 1. The van der Waals surface area contributed by atoms with Gasteiger partial charge in [-0.15, -0.1) is 24.0 Å². The number of nitrogens with one attached hydrogen (secondary N) is 2. The third-order valence-corrected chi connectivity index (χ3v) is 5.12. The molecule has 1 aromatic rings. The van der Waals surface area contributed by atoms with Crippen molar-refractivity contribution in [3.8, 4) is 0 Å². The molecule has 2 atom stereocenters. The largest absolute Gasteiger partial charge is 0.385 e. The number of piperidine rings is 1. The van der Waals surface area contributed by atoms with Crippen LogP contribution in [0.15, 0.2) is 35.3 Å². The molecule has 1 saturated heterocycles. The molecule has 2 rings (SSSR count). The standard InChI is InChI=1S/C21H36N4O.HI/c1-18-16-20(12-14-25(18)17-19-10-6-4-7-11-19)24-21(22-2)23-13-8-5-9-15-26-3;/h4,6-7,10-11,18,20H,5,8-9,12-17H2,1-3H3,(H2,22,23,24);1H. The summed E-state index contributed by atoms with van der Waals surface area (Å²) in [5.41, 5.74) is 1.40. The molecular weight excluding hydrogens is 451 g/mol. The summed E-state index contributed by atoms with van der Waals surface area (Å²) >= 11 is 0. The molecule has 6 heteroatoms. The third kappa shape index (κ3) is 9.25. The second-order valence-corrected chi connectivity index (χ2v) is 7.22. The van der Waals surface area contributed by atoms with Gasteiger partial charge in [0, 0.05) is 52.5 Å². The summed E-state index contributed by atoms with van der Waals surface area (Å²) < 4.78 is 5.09. The zero-order chi connectivity index (χ0) is 18.6. The molecule has 0 aliphatic carbocycles. The molecule has 1 aliphatic rings. The summed E-state index contributed by atoms with van der Waals surface area (Å²) in [7, 11) is 3.62. The first kappa shape index (κ1) is 24.2. The van der Waals surface area contributed by atoms with Crippen LogP contribution in [0.5, 0.6) is 0 Å². The number of rotatable bonds is 9. The van der Waals surface area contributed by atoms with Gasteiger partial charge < -0.3 is 15.4 Å². The molecule has 0 aromatic heterocycles. The molecule has 2 unspecified atom stereocenters. The van der Waals surface area contributed by atoms with Crippen LogP contribution in [0.2, 0.25) is 0 Å². The predicted octanol–water partition coefficient (Wildman–Crippen LogP) is 3.64. The van der Waals surface area contributed by atoms with E-state index in [2.05, 4.69) is 57.8 Å². The maximum atomic E-state index is 5.09. The van der Waals surface area contributed by atoms with Gasteiger partial charge in [-0.1, -0.05) is 30.3 Å². The molecule has 1 aliphatic heterocycles. The van der Waals surface area contributed by atoms with Crippen LogP contribution in [0.25, 0.3) is 0 Å². The molecule has 27 heavy (non-hydrogen) atoms. The number of ether oxygens (including phenoxy) is 1. The van der Waals surface area contributed by atoms with Crippen LogP contribution < -0.4 is 10.6 Å². The van der Waals surface area contributed by atoms with Crippen molar-refractivity contribution in [1.29, 1.82) is 0 Å². The van der Waals surface area contributed by atoms with Gasteiger partial charge in [0.15, 0.2) is 5.96 Å². The molecule has 0 radical (unpaired) electrons. The number of nitrogens with zero attached hydrogens (tertiary/aromatic N) is 2. The minimum Gasteiger partial charge on any atom is -0.385 e. The van der Waals surface area contributed by atoms with Crippen molar-refractivity contribution >= 4 is 29.9 Å². The van der Waals surface area contributed by atoms with E-state index in [0.29, 0.717) is 12.1 Å². The van der Waals surface area contributed by atoms with Crippen LogP contribution in [0.4, 0.5) is 0 Å². The number of aliphatic imine (C=N–C) groups is 1. The Kier molecular flexibility index (Phi) is 12.7. The van der Waals surface area contributed by atoms with Crippen LogP contribution >= 0.6 is 24.0 Å². The highest BCUT2D eigenvalue weighted by molar-refractivity contribution is 14.0. The zero-order valence-electron chi connectivity index (χ0n) is 17.1. The van der Waals surface area contributed by atoms with Crippen LogP contribution in [0, 0.1) is 0 Å². The fourth-order valence-electron chi connectivity index (χ4n) is 3.55. The van der Waals surface area contributed by atoms with Gasteiger partial charge in [0.25, 0.3) is 0 Å². The van der Waals surface area contributed by atoms with Crippen LogP contribution in [0.3, 0.4) is 0 Å². The average Bonchev–Trinajstić information content (AvgIpc) is 2.66. The van der Waals surface area contributed by atoms with Crippen molar-refractivity contribution in [3.05, 3.63) is 35.9 Å². The van der Waals surface area contributed by atoms with E-state index in [9.17, 15) is 0 Å². The van der Waals surface area contributed by atoms with Gasteiger partial charge in [0.1, 0.15) is 0 Å². The van der Waals surface area contributed by atoms with Crippen molar-refractivity contribution < 1.29 is 4.74 Å². The summed E-state index contributed by atoms with van der Waals surface area (Å²) in [6, 6.07) is 11.8. The smallest absolute Gasteiger partial charge is 0.191 e. The Morgan fingerprint density at radius 3 is 2.67 bits per heavy atom. The lowest BCUT2D eigenvalue weighted by molar-refractivity contribution is 0.134. The molecule has 0 amide bonds. The van der Waals surface area contributed by atoms with Gasteiger partial charge in [-0.3, -0.25) is 9.89 Å². The molecule has 5 nitrogen and oxygen atoms in total.